The first-order valence-corrected chi connectivity index (χ1v) is 6.86. The zero-order valence-electron chi connectivity index (χ0n) is 11.3. The third kappa shape index (κ3) is 1.91. The highest BCUT2D eigenvalue weighted by atomic mass is 16.1. The summed E-state index contributed by atoms with van der Waals surface area (Å²) in [6.07, 6.45) is 0. The second kappa shape index (κ2) is 5.10. The van der Waals surface area contributed by atoms with Crippen molar-refractivity contribution in [3.63, 3.8) is 0 Å². The smallest absolute Gasteiger partial charge is 0.223 e. The second-order valence-corrected chi connectivity index (χ2v) is 5.29. The van der Waals surface area contributed by atoms with E-state index < -0.39 is 0 Å². The van der Waals surface area contributed by atoms with E-state index in [1.165, 1.54) is 0 Å². The number of hydrogen-bond acceptors (Lipinski definition) is 2. The van der Waals surface area contributed by atoms with Crippen LogP contribution in [-0.4, -0.2) is 19.0 Å². The monoisotopic (exact) mass is 266 g/mol. The molecule has 20 heavy (non-hydrogen) atoms. The Morgan fingerprint density at radius 2 is 1.50 bits per heavy atom. The molecule has 0 saturated carbocycles. The lowest BCUT2D eigenvalue weighted by molar-refractivity contribution is -0.122. The number of benzene rings is 2. The van der Waals surface area contributed by atoms with Crippen molar-refractivity contribution in [3.05, 3.63) is 71.8 Å². The van der Waals surface area contributed by atoms with Gasteiger partial charge in [-0.25, -0.2) is 0 Å². The molecule has 1 atom stereocenters. The first-order chi connectivity index (χ1) is 9.75. The van der Waals surface area contributed by atoms with Crippen LogP contribution in [0.25, 0.3) is 0 Å². The molecule has 2 aromatic carbocycles. The molecule has 0 aliphatic carbocycles. The van der Waals surface area contributed by atoms with Crippen molar-refractivity contribution in [1.82, 2.24) is 5.32 Å². The Labute approximate surface area is 118 Å². The number of primary amides is 1. The SMILES string of the molecule is NC(=O)C1CNCC1(c1ccccc1)c1ccccc1. The molecule has 0 aromatic heterocycles. The first kappa shape index (κ1) is 12.9. The van der Waals surface area contributed by atoms with Crippen LogP contribution in [0.4, 0.5) is 0 Å². The highest BCUT2D eigenvalue weighted by Gasteiger charge is 2.48. The van der Waals surface area contributed by atoms with E-state index in [0.717, 1.165) is 17.7 Å². The van der Waals surface area contributed by atoms with Crippen LogP contribution in [0.1, 0.15) is 11.1 Å². The second-order valence-electron chi connectivity index (χ2n) is 5.29. The number of hydrogen-bond donors (Lipinski definition) is 2. The van der Waals surface area contributed by atoms with E-state index in [1.807, 2.05) is 36.4 Å². The van der Waals surface area contributed by atoms with Crippen molar-refractivity contribution in [2.24, 2.45) is 11.7 Å². The fourth-order valence-corrected chi connectivity index (χ4v) is 3.30. The minimum atomic E-state index is -0.367. The summed E-state index contributed by atoms with van der Waals surface area (Å²) in [7, 11) is 0. The molecule has 0 bridgehead atoms. The number of carbonyl (C=O) groups excluding carboxylic acids is 1. The summed E-state index contributed by atoms with van der Waals surface area (Å²) in [5.74, 6) is -0.477. The summed E-state index contributed by atoms with van der Waals surface area (Å²) in [6, 6.07) is 20.3. The standard InChI is InChI=1S/C17H18N2O/c18-16(20)15-11-19-12-17(15,13-7-3-1-4-8-13)14-9-5-2-6-10-14/h1-10,15,19H,11-12H2,(H2,18,20). The highest BCUT2D eigenvalue weighted by Crippen LogP contribution is 2.41. The number of nitrogens with one attached hydrogen (secondary N) is 1. The van der Waals surface area contributed by atoms with Gasteiger partial charge < -0.3 is 11.1 Å². The molecule has 0 spiro atoms. The van der Waals surface area contributed by atoms with Gasteiger partial charge in [-0.05, 0) is 11.1 Å². The van der Waals surface area contributed by atoms with E-state index in [0.29, 0.717) is 6.54 Å². The molecular weight excluding hydrogens is 248 g/mol. The lowest BCUT2D eigenvalue weighted by Gasteiger charge is -2.34. The molecule has 1 aliphatic rings. The van der Waals surface area contributed by atoms with Crippen LogP contribution >= 0.6 is 0 Å². The highest BCUT2D eigenvalue weighted by molar-refractivity contribution is 5.80. The molecule has 3 nitrogen and oxygen atoms in total. The summed E-state index contributed by atoms with van der Waals surface area (Å²) in [5.41, 5.74) is 7.58. The number of rotatable bonds is 3. The van der Waals surface area contributed by atoms with Gasteiger partial charge in [0.05, 0.1) is 5.92 Å². The molecule has 102 valence electrons. The lowest BCUT2D eigenvalue weighted by Crippen LogP contribution is -2.43. The van der Waals surface area contributed by atoms with E-state index in [-0.39, 0.29) is 17.2 Å². The molecule has 1 fully saturated rings. The normalized spacial score (nSPS) is 20.7. The Kier molecular flexibility index (Phi) is 3.28. The molecule has 1 heterocycles. The van der Waals surface area contributed by atoms with Crippen molar-refractivity contribution in [2.75, 3.05) is 13.1 Å². The van der Waals surface area contributed by atoms with E-state index in [1.54, 1.807) is 0 Å². The van der Waals surface area contributed by atoms with E-state index in [9.17, 15) is 4.79 Å². The van der Waals surface area contributed by atoms with Gasteiger partial charge in [-0.2, -0.15) is 0 Å². The van der Waals surface area contributed by atoms with Gasteiger partial charge in [0.2, 0.25) is 5.91 Å². The zero-order chi connectivity index (χ0) is 14.0. The summed E-state index contributed by atoms with van der Waals surface area (Å²) in [5, 5.41) is 3.34. The van der Waals surface area contributed by atoms with E-state index in [4.69, 9.17) is 5.73 Å². The maximum absolute atomic E-state index is 11.9. The van der Waals surface area contributed by atoms with Gasteiger partial charge in [-0.3, -0.25) is 4.79 Å². The number of nitrogens with two attached hydrogens (primary N) is 1. The third-order valence-corrected chi connectivity index (χ3v) is 4.27. The van der Waals surface area contributed by atoms with Crippen LogP contribution < -0.4 is 11.1 Å². The average Bonchev–Trinajstić information content (AvgIpc) is 2.95. The average molecular weight is 266 g/mol. The Hall–Kier alpha value is -2.13. The first-order valence-electron chi connectivity index (χ1n) is 6.86. The topological polar surface area (TPSA) is 55.1 Å². The van der Waals surface area contributed by atoms with Crippen LogP contribution in [0.3, 0.4) is 0 Å². The quantitative estimate of drug-likeness (QED) is 0.888. The van der Waals surface area contributed by atoms with Gasteiger partial charge in [-0.1, -0.05) is 60.7 Å². The summed E-state index contributed by atoms with van der Waals surface area (Å²) in [4.78, 5) is 11.9. The summed E-state index contributed by atoms with van der Waals surface area (Å²) < 4.78 is 0. The molecule has 2 aromatic rings. The number of carbonyl (C=O) groups is 1. The van der Waals surface area contributed by atoms with Crippen LogP contribution in [0.2, 0.25) is 0 Å². The fraction of sp³-hybridized carbons (Fsp3) is 0.235. The summed E-state index contributed by atoms with van der Waals surface area (Å²) >= 11 is 0. The largest absolute Gasteiger partial charge is 0.369 e. The van der Waals surface area contributed by atoms with Crippen molar-refractivity contribution >= 4 is 5.91 Å². The third-order valence-electron chi connectivity index (χ3n) is 4.27. The minimum Gasteiger partial charge on any atom is -0.369 e. The van der Waals surface area contributed by atoms with Gasteiger partial charge >= 0.3 is 0 Å². The van der Waals surface area contributed by atoms with E-state index in [2.05, 4.69) is 29.6 Å². The molecule has 3 rings (SSSR count). The minimum absolute atomic E-state index is 0.229. The van der Waals surface area contributed by atoms with Crippen molar-refractivity contribution in [2.45, 2.75) is 5.41 Å². The van der Waals surface area contributed by atoms with Gasteiger partial charge in [0, 0.05) is 18.5 Å². The summed E-state index contributed by atoms with van der Waals surface area (Å²) in [6.45, 7) is 1.35. The van der Waals surface area contributed by atoms with Crippen molar-refractivity contribution < 1.29 is 4.79 Å². The molecule has 3 N–H and O–H groups in total. The molecule has 1 saturated heterocycles. The maximum Gasteiger partial charge on any atom is 0.223 e. The van der Waals surface area contributed by atoms with Crippen LogP contribution in [0.15, 0.2) is 60.7 Å². The predicted octanol–water partition coefficient (Wildman–Crippen LogP) is 1.68. The van der Waals surface area contributed by atoms with E-state index >= 15 is 0 Å². The predicted molar refractivity (Wildman–Crippen MR) is 79.2 cm³/mol. The van der Waals surface area contributed by atoms with Crippen molar-refractivity contribution in [1.29, 1.82) is 0 Å². The van der Waals surface area contributed by atoms with Gasteiger partial charge in [0.25, 0.3) is 0 Å². The molecule has 0 radical (unpaired) electrons. The van der Waals surface area contributed by atoms with Crippen LogP contribution in [-0.2, 0) is 10.2 Å². The Bertz CT molecular complexity index is 555. The molecule has 1 aliphatic heterocycles. The van der Waals surface area contributed by atoms with Crippen molar-refractivity contribution in [3.8, 4) is 0 Å². The Morgan fingerprint density at radius 1 is 1.00 bits per heavy atom. The fourth-order valence-electron chi connectivity index (χ4n) is 3.30. The molecule has 1 amide bonds. The Balaban J connectivity index is 2.21. The molecule has 1 unspecified atom stereocenters. The van der Waals surface area contributed by atoms with Crippen LogP contribution in [0, 0.1) is 5.92 Å². The zero-order valence-corrected chi connectivity index (χ0v) is 11.3. The van der Waals surface area contributed by atoms with Gasteiger partial charge in [0.15, 0.2) is 0 Å². The van der Waals surface area contributed by atoms with Crippen LogP contribution in [0.5, 0.6) is 0 Å². The maximum atomic E-state index is 11.9. The van der Waals surface area contributed by atoms with Gasteiger partial charge in [-0.15, -0.1) is 0 Å². The number of amides is 1. The van der Waals surface area contributed by atoms with Gasteiger partial charge in [0.1, 0.15) is 0 Å². The molecular formula is C17H18N2O. The molecule has 3 heteroatoms. The lowest BCUT2D eigenvalue weighted by atomic mass is 9.67. The Morgan fingerprint density at radius 3 is 1.95 bits per heavy atom.